The zero-order valence-electron chi connectivity index (χ0n) is 12.4. The van der Waals surface area contributed by atoms with Crippen LogP contribution >= 0.6 is 0 Å². The van der Waals surface area contributed by atoms with Crippen LogP contribution in [0.1, 0.15) is 46.0 Å². The summed E-state index contributed by atoms with van der Waals surface area (Å²) in [6, 6.07) is 9.16. The van der Waals surface area contributed by atoms with E-state index in [1.165, 1.54) is 43.5 Å². The zero-order chi connectivity index (χ0) is 13.4. The average Bonchev–Trinajstić information content (AvgIpc) is 2.35. The van der Waals surface area contributed by atoms with E-state index in [1.807, 2.05) is 0 Å². The molecule has 102 valence electrons. The molecule has 18 heavy (non-hydrogen) atoms. The maximum absolute atomic E-state index is 3.59. The van der Waals surface area contributed by atoms with Crippen molar-refractivity contribution in [2.45, 2.75) is 52.0 Å². The van der Waals surface area contributed by atoms with Crippen molar-refractivity contribution in [3.63, 3.8) is 0 Å². The third kappa shape index (κ3) is 5.44. The minimum Gasteiger partial charge on any atom is -0.383 e. The van der Waals surface area contributed by atoms with Crippen molar-refractivity contribution >= 4 is 11.4 Å². The number of hydrogen-bond acceptors (Lipinski definition) is 2. The van der Waals surface area contributed by atoms with Crippen LogP contribution in [0.5, 0.6) is 0 Å². The molecule has 1 rings (SSSR count). The van der Waals surface area contributed by atoms with E-state index in [0.717, 1.165) is 0 Å². The molecule has 0 amide bonds. The number of benzene rings is 1. The van der Waals surface area contributed by atoms with Crippen LogP contribution in [0.2, 0.25) is 0 Å². The second-order valence-electron chi connectivity index (χ2n) is 5.34. The molecule has 1 N–H and O–H groups in total. The first kappa shape index (κ1) is 14.9. The normalized spacial score (nSPS) is 12.2. The molecule has 0 heterocycles. The van der Waals surface area contributed by atoms with Crippen LogP contribution in [-0.2, 0) is 0 Å². The van der Waals surface area contributed by atoms with Crippen LogP contribution in [0.3, 0.4) is 0 Å². The summed E-state index contributed by atoms with van der Waals surface area (Å²) in [5.74, 6) is 0. The number of nitrogens with one attached hydrogen (secondary N) is 1. The van der Waals surface area contributed by atoms with Gasteiger partial charge in [-0.25, -0.2) is 0 Å². The number of anilines is 2. The molecule has 0 spiro atoms. The van der Waals surface area contributed by atoms with Crippen LogP contribution in [-0.4, -0.2) is 20.1 Å². The summed E-state index contributed by atoms with van der Waals surface area (Å²) >= 11 is 0. The fourth-order valence-electron chi connectivity index (χ4n) is 2.11. The lowest BCUT2D eigenvalue weighted by Crippen LogP contribution is -2.15. The molecule has 0 saturated carbocycles. The molecular formula is C16H28N2. The van der Waals surface area contributed by atoms with Gasteiger partial charge in [-0.1, -0.05) is 38.7 Å². The van der Waals surface area contributed by atoms with Gasteiger partial charge in [0.15, 0.2) is 0 Å². The fraction of sp³-hybridized carbons (Fsp3) is 0.625. The first-order valence-electron chi connectivity index (χ1n) is 7.17. The first-order chi connectivity index (χ1) is 8.63. The summed E-state index contributed by atoms with van der Waals surface area (Å²) in [6.45, 7) is 4.53. The second kappa shape index (κ2) is 8.02. The van der Waals surface area contributed by atoms with Gasteiger partial charge in [0.2, 0.25) is 0 Å². The minimum atomic E-state index is 0.555. The topological polar surface area (TPSA) is 15.3 Å². The van der Waals surface area contributed by atoms with Crippen molar-refractivity contribution < 1.29 is 0 Å². The van der Waals surface area contributed by atoms with Crippen molar-refractivity contribution in [2.24, 2.45) is 0 Å². The van der Waals surface area contributed by atoms with E-state index in [4.69, 9.17) is 0 Å². The van der Waals surface area contributed by atoms with E-state index in [0.29, 0.717) is 6.04 Å². The molecule has 0 fully saturated rings. The standard InChI is InChI=1S/C16H28N2/c1-5-6-7-8-10-14(2)17-15-11-9-12-16(13-15)18(3)4/h9,11-14,17H,5-8,10H2,1-4H3. The molecule has 0 radical (unpaired) electrons. The number of hydrogen-bond donors (Lipinski definition) is 1. The molecule has 0 aromatic heterocycles. The van der Waals surface area contributed by atoms with E-state index in [-0.39, 0.29) is 0 Å². The third-order valence-electron chi connectivity index (χ3n) is 3.27. The quantitative estimate of drug-likeness (QED) is 0.680. The summed E-state index contributed by atoms with van der Waals surface area (Å²) < 4.78 is 0. The van der Waals surface area contributed by atoms with Gasteiger partial charge in [0.25, 0.3) is 0 Å². The van der Waals surface area contributed by atoms with E-state index in [1.54, 1.807) is 0 Å². The van der Waals surface area contributed by atoms with E-state index < -0.39 is 0 Å². The van der Waals surface area contributed by atoms with Gasteiger partial charge in [0, 0.05) is 31.5 Å². The Balaban J connectivity index is 2.39. The molecule has 1 aromatic carbocycles. The Bertz CT molecular complexity index is 334. The second-order valence-corrected chi connectivity index (χ2v) is 5.34. The number of nitrogens with zero attached hydrogens (tertiary/aromatic N) is 1. The minimum absolute atomic E-state index is 0.555. The summed E-state index contributed by atoms with van der Waals surface area (Å²) in [5, 5.41) is 3.59. The zero-order valence-corrected chi connectivity index (χ0v) is 12.4. The van der Waals surface area contributed by atoms with E-state index >= 15 is 0 Å². The summed E-state index contributed by atoms with van der Waals surface area (Å²) in [6.07, 6.45) is 6.62. The molecule has 1 atom stereocenters. The molecule has 0 aliphatic rings. The fourth-order valence-corrected chi connectivity index (χ4v) is 2.11. The van der Waals surface area contributed by atoms with Crippen LogP contribution in [0.4, 0.5) is 11.4 Å². The predicted octanol–water partition coefficient (Wildman–Crippen LogP) is 4.52. The Morgan fingerprint density at radius 3 is 2.61 bits per heavy atom. The van der Waals surface area contributed by atoms with E-state index in [2.05, 4.69) is 62.4 Å². The van der Waals surface area contributed by atoms with Gasteiger partial charge < -0.3 is 10.2 Å². The highest BCUT2D eigenvalue weighted by atomic mass is 15.1. The largest absolute Gasteiger partial charge is 0.383 e. The summed E-state index contributed by atoms with van der Waals surface area (Å²) in [5.41, 5.74) is 2.47. The van der Waals surface area contributed by atoms with Crippen LogP contribution < -0.4 is 10.2 Å². The van der Waals surface area contributed by atoms with E-state index in [9.17, 15) is 0 Å². The summed E-state index contributed by atoms with van der Waals surface area (Å²) in [7, 11) is 4.15. The van der Waals surface area contributed by atoms with Gasteiger partial charge in [0.1, 0.15) is 0 Å². The Kier molecular flexibility index (Phi) is 6.63. The lowest BCUT2D eigenvalue weighted by molar-refractivity contribution is 0.594. The molecule has 2 heteroatoms. The molecule has 0 aliphatic carbocycles. The van der Waals surface area contributed by atoms with Gasteiger partial charge in [-0.15, -0.1) is 0 Å². The third-order valence-corrected chi connectivity index (χ3v) is 3.27. The van der Waals surface area contributed by atoms with Gasteiger partial charge in [0.05, 0.1) is 0 Å². The molecule has 1 aromatic rings. The highest BCUT2D eigenvalue weighted by Gasteiger charge is 2.03. The first-order valence-corrected chi connectivity index (χ1v) is 7.17. The predicted molar refractivity (Wildman–Crippen MR) is 82.6 cm³/mol. The van der Waals surface area contributed by atoms with Crippen LogP contribution in [0, 0.1) is 0 Å². The molecule has 1 unspecified atom stereocenters. The average molecular weight is 248 g/mol. The van der Waals surface area contributed by atoms with Crippen molar-refractivity contribution in [3.8, 4) is 0 Å². The lowest BCUT2D eigenvalue weighted by atomic mass is 10.1. The molecular weight excluding hydrogens is 220 g/mol. The SMILES string of the molecule is CCCCCCC(C)Nc1cccc(N(C)C)c1. The molecule has 0 saturated heterocycles. The van der Waals surface area contributed by atoms with Crippen molar-refractivity contribution in [1.29, 1.82) is 0 Å². The maximum Gasteiger partial charge on any atom is 0.0381 e. The highest BCUT2D eigenvalue weighted by Crippen LogP contribution is 2.19. The Hall–Kier alpha value is -1.18. The monoisotopic (exact) mass is 248 g/mol. The van der Waals surface area contributed by atoms with Crippen LogP contribution in [0.15, 0.2) is 24.3 Å². The number of rotatable bonds is 8. The number of unbranched alkanes of at least 4 members (excludes halogenated alkanes) is 3. The lowest BCUT2D eigenvalue weighted by Gasteiger charge is -2.18. The van der Waals surface area contributed by atoms with Gasteiger partial charge in [-0.05, 0) is 31.5 Å². The molecule has 2 nitrogen and oxygen atoms in total. The van der Waals surface area contributed by atoms with Crippen LogP contribution in [0.25, 0.3) is 0 Å². The Labute approximate surface area is 112 Å². The Morgan fingerprint density at radius 2 is 1.94 bits per heavy atom. The molecule has 0 aliphatic heterocycles. The van der Waals surface area contributed by atoms with Crippen molar-refractivity contribution in [1.82, 2.24) is 0 Å². The molecule has 0 bridgehead atoms. The van der Waals surface area contributed by atoms with Crippen molar-refractivity contribution in [3.05, 3.63) is 24.3 Å². The van der Waals surface area contributed by atoms with Gasteiger partial charge >= 0.3 is 0 Å². The van der Waals surface area contributed by atoms with Gasteiger partial charge in [-0.3, -0.25) is 0 Å². The maximum atomic E-state index is 3.59. The Morgan fingerprint density at radius 1 is 1.17 bits per heavy atom. The van der Waals surface area contributed by atoms with Crippen molar-refractivity contribution in [2.75, 3.05) is 24.3 Å². The van der Waals surface area contributed by atoms with Gasteiger partial charge in [-0.2, -0.15) is 0 Å². The highest BCUT2D eigenvalue weighted by molar-refractivity contribution is 5.57. The smallest absolute Gasteiger partial charge is 0.0381 e. The summed E-state index contributed by atoms with van der Waals surface area (Å²) in [4.78, 5) is 2.14.